The van der Waals surface area contributed by atoms with E-state index in [0.717, 1.165) is 17.0 Å². The standard InChI is InChI=1S/C26H25FN4O4S/c1-3-34-23-13-9-22(10-14-23)31-18(2)28-29-26(31)36-25(16-30(32)33)20-7-11-24(12-8-20)35-17-19-5-4-6-21(27)15-19/h4-15,25H,3,16-17H2,1-2H3/t25-/m0/s1. The topological polar surface area (TPSA) is 92.3 Å². The van der Waals surface area contributed by atoms with E-state index < -0.39 is 5.25 Å². The Morgan fingerprint density at radius 3 is 2.39 bits per heavy atom. The maximum atomic E-state index is 13.4. The van der Waals surface area contributed by atoms with Crippen molar-refractivity contribution in [1.29, 1.82) is 0 Å². The van der Waals surface area contributed by atoms with Gasteiger partial charge >= 0.3 is 0 Å². The average Bonchev–Trinajstić information content (AvgIpc) is 3.23. The molecule has 0 spiro atoms. The molecule has 1 atom stereocenters. The second kappa shape index (κ2) is 11.7. The predicted molar refractivity (Wildman–Crippen MR) is 135 cm³/mol. The highest BCUT2D eigenvalue weighted by Gasteiger charge is 2.24. The summed E-state index contributed by atoms with van der Waals surface area (Å²) in [6.07, 6.45) is 0. The fourth-order valence-electron chi connectivity index (χ4n) is 3.62. The second-order valence-electron chi connectivity index (χ2n) is 7.90. The fourth-order valence-corrected chi connectivity index (χ4v) is 4.79. The van der Waals surface area contributed by atoms with Crippen LogP contribution < -0.4 is 9.47 Å². The Bertz CT molecular complexity index is 1310. The van der Waals surface area contributed by atoms with E-state index in [-0.39, 0.29) is 23.9 Å². The number of hydrogen-bond donors (Lipinski definition) is 0. The molecular formula is C26H25FN4O4S. The molecule has 0 aliphatic carbocycles. The highest BCUT2D eigenvalue weighted by Crippen LogP contribution is 2.36. The molecule has 0 aliphatic rings. The number of rotatable bonds is 11. The van der Waals surface area contributed by atoms with Crippen LogP contribution >= 0.6 is 11.8 Å². The molecular weight excluding hydrogens is 483 g/mol. The minimum absolute atomic E-state index is 0.217. The van der Waals surface area contributed by atoms with E-state index in [0.29, 0.717) is 28.9 Å². The summed E-state index contributed by atoms with van der Waals surface area (Å²) in [5, 5.41) is 20.0. The van der Waals surface area contributed by atoms with Gasteiger partial charge in [-0.15, -0.1) is 10.2 Å². The number of nitro groups is 1. The molecule has 0 bridgehead atoms. The van der Waals surface area contributed by atoms with Crippen molar-refractivity contribution in [1.82, 2.24) is 14.8 Å². The Morgan fingerprint density at radius 2 is 1.72 bits per heavy atom. The Labute approximate surface area is 212 Å². The molecule has 0 saturated heterocycles. The summed E-state index contributed by atoms with van der Waals surface area (Å²) in [7, 11) is 0. The van der Waals surface area contributed by atoms with Crippen LogP contribution in [0.1, 0.15) is 29.1 Å². The molecule has 1 heterocycles. The zero-order chi connectivity index (χ0) is 25.5. The third kappa shape index (κ3) is 6.39. The quantitative estimate of drug-likeness (QED) is 0.144. The zero-order valence-electron chi connectivity index (χ0n) is 19.8. The Kier molecular flexibility index (Phi) is 8.17. The number of aromatic nitrogens is 3. The van der Waals surface area contributed by atoms with Gasteiger partial charge in [0.2, 0.25) is 6.54 Å². The number of hydrogen-bond acceptors (Lipinski definition) is 7. The lowest BCUT2D eigenvalue weighted by Crippen LogP contribution is -2.11. The number of benzene rings is 3. The summed E-state index contributed by atoms with van der Waals surface area (Å²) < 4.78 is 26.5. The molecule has 4 aromatic rings. The van der Waals surface area contributed by atoms with Gasteiger partial charge in [0.1, 0.15) is 35.0 Å². The van der Waals surface area contributed by atoms with Crippen molar-refractivity contribution in [3.63, 3.8) is 0 Å². The summed E-state index contributed by atoms with van der Waals surface area (Å²) in [5.41, 5.74) is 2.31. The van der Waals surface area contributed by atoms with Crippen molar-refractivity contribution in [3.05, 3.63) is 106 Å². The minimum atomic E-state index is -0.498. The van der Waals surface area contributed by atoms with Crippen LogP contribution in [0.4, 0.5) is 4.39 Å². The fraction of sp³-hybridized carbons (Fsp3) is 0.231. The molecule has 10 heteroatoms. The number of ether oxygens (including phenoxy) is 2. The lowest BCUT2D eigenvalue weighted by Gasteiger charge is -2.15. The van der Waals surface area contributed by atoms with Gasteiger partial charge in [0.15, 0.2) is 5.16 Å². The molecule has 1 aromatic heterocycles. The number of halogens is 1. The molecule has 8 nitrogen and oxygen atoms in total. The van der Waals surface area contributed by atoms with Crippen LogP contribution in [0.25, 0.3) is 5.69 Å². The summed E-state index contributed by atoms with van der Waals surface area (Å²) in [4.78, 5) is 11.1. The van der Waals surface area contributed by atoms with E-state index >= 15 is 0 Å². The summed E-state index contributed by atoms with van der Waals surface area (Å²) in [5.74, 6) is 1.69. The van der Waals surface area contributed by atoms with E-state index in [1.54, 1.807) is 36.4 Å². The molecule has 0 aliphatic heterocycles. The van der Waals surface area contributed by atoms with Crippen molar-refractivity contribution in [2.24, 2.45) is 0 Å². The van der Waals surface area contributed by atoms with Gasteiger partial charge in [0, 0.05) is 10.6 Å². The first-order valence-corrected chi connectivity index (χ1v) is 12.2. The van der Waals surface area contributed by atoms with Crippen molar-refractivity contribution in [2.75, 3.05) is 13.2 Å². The normalized spacial score (nSPS) is 11.8. The van der Waals surface area contributed by atoms with Gasteiger partial charge in [-0.05, 0) is 73.5 Å². The number of nitrogens with zero attached hydrogens (tertiary/aromatic N) is 4. The molecule has 0 amide bonds. The monoisotopic (exact) mass is 508 g/mol. The molecule has 0 radical (unpaired) electrons. The van der Waals surface area contributed by atoms with E-state index in [1.807, 2.05) is 42.7 Å². The molecule has 0 N–H and O–H groups in total. The van der Waals surface area contributed by atoms with Crippen LogP contribution in [0.15, 0.2) is 78.0 Å². The first-order valence-electron chi connectivity index (χ1n) is 11.3. The minimum Gasteiger partial charge on any atom is -0.494 e. The van der Waals surface area contributed by atoms with Crippen LogP contribution in [0, 0.1) is 22.9 Å². The van der Waals surface area contributed by atoms with E-state index in [2.05, 4.69) is 10.2 Å². The summed E-state index contributed by atoms with van der Waals surface area (Å²) in [6.45, 7) is 4.26. The summed E-state index contributed by atoms with van der Waals surface area (Å²) >= 11 is 1.28. The highest BCUT2D eigenvalue weighted by atomic mass is 32.2. The van der Waals surface area contributed by atoms with E-state index in [1.165, 1.54) is 23.9 Å². The van der Waals surface area contributed by atoms with Crippen LogP contribution in [0.2, 0.25) is 0 Å². The van der Waals surface area contributed by atoms with Gasteiger partial charge in [0.25, 0.3) is 0 Å². The third-order valence-electron chi connectivity index (χ3n) is 5.31. The average molecular weight is 509 g/mol. The van der Waals surface area contributed by atoms with E-state index in [4.69, 9.17) is 9.47 Å². The molecule has 36 heavy (non-hydrogen) atoms. The Hall–Kier alpha value is -3.92. The molecule has 186 valence electrons. The Balaban J connectivity index is 1.52. The van der Waals surface area contributed by atoms with Gasteiger partial charge in [-0.3, -0.25) is 14.7 Å². The van der Waals surface area contributed by atoms with Crippen LogP contribution in [0.5, 0.6) is 11.5 Å². The molecule has 0 unspecified atom stereocenters. The van der Waals surface area contributed by atoms with Gasteiger partial charge in [0.05, 0.1) is 6.61 Å². The van der Waals surface area contributed by atoms with Gasteiger partial charge in [-0.25, -0.2) is 4.39 Å². The molecule has 0 fully saturated rings. The van der Waals surface area contributed by atoms with Gasteiger partial charge in [-0.2, -0.15) is 0 Å². The van der Waals surface area contributed by atoms with Crippen molar-refractivity contribution in [3.8, 4) is 17.2 Å². The van der Waals surface area contributed by atoms with Crippen LogP contribution in [-0.2, 0) is 6.61 Å². The summed E-state index contributed by atoms with van der Waals surface area (Å²) in [6, 6.07) is 20.8. The second-order valence-corrected chi connectivity index (χ2v) is 9.07. The molecule has 3 aromatic carbocycles. The lowest BCUT2D eigenvalue weighted by molar-refractivity contribution is -0.479. The maximum absolute atomic E-state index is 13.4. The van der Waals surface area contributed by atoms with Gasteiger partial charge < -0.3 is 9.47 Å². The van der Waals surface area contributed by atoms with Crippen LogP contribution in [0.3, 0.4) is 0 Å². The first kappa shape index (κ1) is 25.2. The number of thioether (sulfide) groups is 1. The lowest BCUT2D eigenvalue weighted by atomic mass is 10.1. The van der Waals surface area contributed by atoms with E-state index in [9.17, 15) is 14.5 Å². The smallest absolute Gasteiger partial charge is 0.220 e. The van der Waals surface area contributed by atoms with Crippen LogP contribution in [-0.4, -0.2) is 32.8 Å². The van der Waals surface area contributed by atoms with Crippen molar-refractivity contribution in [2.45, 2.75) is 30.9 Å². The highest BCUT2D eigenvalue weighted by molar-refractivity contribution is 7.99. The van der Waals surface area contributed by atoms with Crippen molar-refractivity contribution >= 4 is 11.8 Å². The number of aryl methyl sites for hydroxylation is 1. The van der Waals surface area contributed by atoms with Crippen molar-refractivity contribution < 1.29 is 18.8 Å². The molecule has 4 rings (SSSR count). The third-order valence-corrected chi connectivity index (χ3v) is 6.49. The maximum Gasteiger partial charge on any atom is 0.220 e. The zero-order valence-corrected chi connectivity index (χ0v) is 20.7. The SMILES string of the molecule is CCOc1ccc(-n2c(C)nnc2S[C@@H](C[N+](=O)[O-])c2ccc(OCc3cccc(F)c3)cc2)cc1. The molecule has 0 saturated carbocycles. The Morgan fingerprint density at radius 1 is 1.03 bits per heavy atom. The largest absolute Gasteiger partial charge is 0.494 e. The first-order chi connectivity index (χ1) is 17.4. The van der Waals surface area contributed by atoms with Gasteiger partial charge in [-0.1, -0.05) is 36.0 Å². The predicted octanol–water partition coefficient (Wildman–Crippen LogP) is 5.80.